The number of nitrogens with one attached hydrogen (secondary N) is 1. The maximum atomic E-state index is 5.64. The van der Waals surface area contributed by atoms with Crippen molar-refractivity contribution in [2.45, 2.75) is 24.9 Å². The van der Waals surface area contributed by atoms with Crippen LogP contribution in [0.4, 0.5) is 0 Å². The van der Waals surface area contributed by atoms with Crippen molar-refractivity contribution in [1.82, 2.24) is 9.88 Å². The van der Waals surface area contributed by atoms with Crippen LogP contribution < -0.4 is 5.32 Å². The highest BCUT2D eigenvalue weighted by Gasteiger charge is 2.39. The van der Waals surface area contributed by atoms with Gasteiger partial charge in [0.1, 0.15) is 0 Å². The SMILES string of the molecule is Brc1ccc2n1CCNC21CCCOC1. The summed E-state index contributed by atoms with van der Waals surface area (Å²) in [5.41, 5.74) is 1.45. The lowest BCUT2D eigenvalue weighted by molar-refractivity contribution is 0.00860. The zero-order valence-corrected chi connectivity index (χ0v) is 10.2. The Hall–Kier alpha value is -0.320. The molecular formula is C11H15BrN2O. The maximum absolute atomic E-state index is 5.64. The second kappa shape index (κ2) is 3.61. The fourth-order valence-electron chi connectivity index (χ4n) is 2.72. The Balaban J connectivity index is 2.04. The summed E-state index contributed by atoms with van der Waals surface area (Å²) < 4.78 is 9.17. The topological polar surface area (TPSA) is 26.2 Å². The van der Waals surface area contributed by atoms with Crippen LogP contribution in [0.5, 0.6) is 0 Å². The Morgan fingerprint density at radius 3 is 3.20 bits per heavy atom. The summed E-state index contributed by atoms with van der Waals surface area (Å²) in [5.74, 6) is 0. The van der Waals surface area contributed by atoms with E-state index in [2.05, 4.69) is 37.9 Å². The van der Waals surface area contributed by atoms with Crippen LogP contribution >= 0.6 is 15.9 Å². The quantitative estimate of drug-likeness (QED) is 0.779. The average molecular weight is 271 g/mol. The number of rotatable bonds is 0. The molecule has 1 aromatic rings. The molecule has 1 spiro atoms. The number of fused-ring (bicyclic) bond motifs is 2. The monoisotopic (exact) mass is 270 g/mol. The van der Waals surface area contributed by atoms with Gasteiger partial charge in [-0.05, 0) is 40.9 Å². The van der Waals surface area contributed by atoms with Gasteiger partial charge in [-0.25, -0.2) is 0 Å². The predicted octanol–water partition coefficient (Wildman–Crippen LogP) is 1.86. The Kier molecular flexibility index (Phi) is 2.38. The van der Waals surface area contributed by atoms with Crippen molar-refractivity contribution in [3.8, 4) is 0 Å². The van der Waals surface area contributed by atoms with Gasteiger partial charge in [0, 0.05) is 25.4 Å². The molecule has 0 aliphatic carbocycles. The predicted molar refractivity (Wildman–Crippen MR) is 61.9 cm³/mol. The second-order valence-corrected chi connectivity index (χ2v) is 5.17. The number of ether oxygens (including phenoxy) is 1. The molecule has 1 unspecified atom stereocenters. The van der Waals surface area contributed by atoms with Gasteiger partial charge in [-0.1, -0.05) is 0 Å². The summed E-state index contributed by atoms with van der Waals surface area (Å²) in [4.78, 5) is 0. The molecule has 0 saturated carbocycles. The van der Waals surface area contributed by atoms with Crippen LogP contribution in [0.1, 0.15) is 18.5 Å². The Morgan fingerprint density at radius 1 is 1.47 bits per heavy atom. The Bertz CT molecular complexity index is 369. The fourth-order valence-corrected chi connectivity index (χ4v) is 3.22. The minimum Gasteiger partial charge on any atom is -0.379 e. The molecule has 0 radical (unpaired) electrons. The fraction of sp³-hybridized carbons (Fsp3) is 0.636. The molecule has 1 N–H and O–H groups in total. The van der Waals surface area contributed by atoms with E-state index in [0.717, 1.165) is 32.7 Å². The first-order valence-corrected chi connectivity index (χ1v) is 6.29. The molecule has 15 heavy (non-hydrogen) atoms. The molecule has 0 aromatic carbocycles. The highest BCUT2D eigenvalue weighted by atomic mass is 79.9. The molecule has 2 aliphatic rings. The van der Waals surface area contributed by atoms with Gasteiger partial charge in [-0.3, -0.25) is 0 Å². The van der Waals surface area contributed by atoms with Gasteiger partial charge >= 0.3 is 0 Å². The molecular weight excluding hydrogens is 256 g/mol. The Morgan fingerprint density at radius 2 is 2.40 bits per heavy atom. The normalized spacial score (nSPS) is 30.5. The third-order valence-corrected chi connectivity index (χ3v) is 4.15. The van der Waals surface area contributed by atoms with E-state index in [1.54, 1.807) is 0 Å². The van der Waals surface area contributed by atoms with Gasteiger partial charge in [0.15, 0.2) is 0 Å². The average Bonchev–Trinajstić information content (AvgIpc) is 2.64. The molecule has 1 atom stereocenters. The van der Waals surface area contributed by atoms with E-state index >= 15 is 0 Å². The van der Waals surface area contributed by atoms with E-state index in [0.29, 0.717) is 0 Å². The number of aromatic nitrogens is 1. The smallest absolute Gasteiger partial charge is 0.0849 e. The van der Waals surface area contributed by atoms with Crippen LogP contribution in [-0.4, -0.2) is 24.3 Å². The first kappa shape index (κ1) is 9.87. The van der Waals surface area contributed by atoms with Crippen LogP contribution in [0.15, 0.2) is 16.7 Å². The third-order valence-electron chi connectivity index (χ3n) is 3.46. The largest absolute Gasteiger partial charge is 0.379 e. The van der Waals surface area contributed by atoms with Crippen LogP contribution in [-0.2, 0) is 16.8 Å². The van der Waals surface area contributed by atoms with Crippen molar-refractivity contribution >= 4 is 15.9 Å². The molecule has 1 aromatic heterocycles. The molecule has 3 rings (SSSR count). The summed E-state index contributed by atoms with van der Waals surface area (Å²) >= 11 is 3.60. The Labute approximate surface area is 97.9 Å². The zero-order chi connectivity index (χ0) is 10.3. The van der Waals surface area contributed by atoms with Gasteiger partial charge in [0.25, 0.3) is 0 Å². The van der Waals surface area contributed by atoms with Crippen molar-refractivity contribution < 1.29 is 4.74 Å². The molecule has 3 heterocycles. The first-order chi connectivity index (χ1) is 7.32. The maximum Gasteiger partial charge on any atom is 0.0849 e. The number of nitrogens with zero attached hydrogens (tertiary/aromatic N) is 1. The molecule has 3 nitrogen and oxygen atoms in total. The molecule has 0 amide bonds. The van der Waals surface area contributed by atoms with Crippen LogP contribution in [0.25, 0.3) is 0 Å². The minimum absolute atomic E-state index is 0.0719. The van der Waals surface area contributed by atoms with Gasteiger partial charge in [0.05, 0.1) is 16.7 Å². The van der Waals surface area contributed by atoms with Crippen molar-refractivity contribution in [3.63, 3.8) is 0 Å². The van der Waals surface area contributed by atoms with Crippen LogP contribution in [0.2, 0.25) is 0 Å². The van der Waals surface area contributed by atoms with E-state index in [1.165, 1.54) is 16.7 Å². The highest BCUT2D eigenvalue weighted by molar-refractivity contribution is 9.10. The first-order valence-electron chi connectivity index (χ1n) is 5.50. The van der Waals surface area contributed by atoms with Crippen molar-refractivity contribution in [1.29, 1.82) is 0 Å². The number of halogens is 1. The lowest BCUT2D eigenvalue weighted by atomic mass is 9.87. The molecule has 1 saturated heterocycles. The lowest BCUT2D eigenvalue weighted by Gasteiger charge is -2.42. The van der Waals surface area contributed by atoms with Crippen LogP contribution in [0.3, 0.4) is 0 Å². The van der Waals surface area contributed by atoms with E-state index < -0.39 is 0 Å². The summed E-state index contributed by atoms with van der Waals surface area (Å²) in [5, 5.41) is 3.64. The van der Waals surface area contributed by atoms with E-state index in [-0.39, 0.29) is 5.54 Å². The summed E-state index contributed by atoms with van der Waals surface area (Å²) in [7, 11) is 0. The highest BCUT2D eigenvalue weighted by Crippen LogP contribution is 2.35. The van der Waals surface area contributed by atoms with Crippen LogP contribution in [0, 0.1) is 0 Å². The molecule has 1 fully saturated rings. The minimum atomic E-state index is 0.0719. The van der Waals surface area contributed by atoms with E-state index in [1.807, 2.05) is 0 Å². The lowest BCUT2D eigenvalue weighted by Crippen LogP contribution is -2.54. The number of hydrogen-bond acceptors (Lipinski definition) is 2. The molecule has 2 aliphatic heterocycles. The molecule has 82 valence electrons. The van der Waals surface area contributed by atoms with Gasteiger partial charge in [0.2, 0.25) is 0 Å². The van der Waals surface area contributed by atoms with E-state index in [9.17, 15) is 0 Å². The summed E-state index contributed by atoms with van der Waals surface area (Å²) in [6.45, 7) is 3.79. The van der Waals surface area contributed by atoms with Crippen molar-refractivity contribution in [2.24, 2.45) is 0 Å². The summed E-state index contributed by atoms with van der Waals surface area (Å²) in [6, 6.07) is 4.35. The van der Waals surface area contributed by atoms with Gasteiger partial charge in [-0.15, -0.1) is 0 Å². The third kappa shape index (κ3) is 1.47. The van der Waals surface area contributed by atoms with Gasteiger partial charge in [-0.2, -0.15) is 0 Å². The molecule has 0 bridgehead atoms. The van der Waals surface area contributed by atoms with Gasteiger partial charge < -0.3 is 14.6 Å². The standard InChI is InChI=1S/C11H15BrN2O/c12-10-3-2-9-11(4-1-7-15-8-11)13-5-6-14(9)10/h2-3,13H,1,4-8H2. The summed E-state index contributed by atoms with van der Waals surface area (Å²) in [6.07, 6.45) is 2.33. The number of hydrogen-bond donors (Lipinski definition) is 1. The van der Waals surface area contributed by atoms with Crippen molar-refractivity contribution in [2.75, 3.05) is 19.8 Å². The molecule has 4 heteroatoms. The second-order valence-electron chi connectivity index (χ2n) is 4.36. The van der Waals surface area contributed by atoms with Crippen molar-refractivity contribution in [3.05, 3.63) is 22.4 Å². The van der Waals surface area contributed by atoms with E-state index in [4.69, 9.17) is 4.74 Å². The zero-order valence-electron chi connectivity index (χ0n) is 8.63.